The number of nitrogens with zero attached hydrogens (tertiary/aromatic N) is 2. The molecule has 32 heavy (non-hydrogen) atoms. The summed E-state index contributed by atoms with van der Waals surface area (Å²) in [5.74, 6) is 0.705. The Bertz CT molecular complexity index is 879. The first-order valence-electron chi connectivity index (χ1n) is 11.3. The Hall–Kier alpha value is -1.31. The lowest BCUT2D eigenvalue weighted by Gasteiger charge is -2.39. The van der Waals surface area contributed by atoms with Crippen LogP contribution in [0.25, 0.3) is 0 Å². The van der Waals surface area contributed by atoms with E-state index in [4.69, 9.17) is 27.9 Å². The van der Waals surface area contributed by atoms with Crippen molar-refractivity contribution >= 4 is 40.5 Å². The fourth-order valence-corrected chi connectivity index (χ4v) is 5.79. The van der Waals surface area contributed by atoms with Crippen molar-refractivity contribution in [1.29, 1.82) is 0 Å². The lowest BCUT2D eigenvalue weighted by molar-refractivity contribution is -0.143. The minimum absolute atomic E-state index is 0.207. The van der Waals surface area contributed by atoms with Crippen molar-refractivity contribution in [2.45, 2.75) is 44.2 Å². The summed E-state index contributed by atoms with van der Waals surface area (Å²) in [6, 6.07) is 9.04. The molecule has 174 valence electrons. The van der Waals surface area contributed by atoms with E-state index in [0.29, 0.717) is 22.4 Å². The van der Waals surface area contributed by atoms with E-state index >= 15 is 0 Å². The molecule has 2 aromatic rings. The first-order valence-corrected chi connectivity index (χ1v) is 12.9. The number of carboxylic acids is 1. The molecule has 0 spiro atoms. The van der Waals surface area contributed by atoms with Crippen LogP contribution in [-0.4, -0.2) is 65.7 Å². The number of hydrogen-bond acceptors (Lipinski definition) is 5. The second-order valence-electron chi connectivity index (χ2n) is 8.81. The van der Waals surface area contributed by atoms with Crippen molar-refractivity contribution < 1.29 is 14.6 Å². The molecule has 0 aliphatic carbocycles. The average molecular weight is 497 g/mol. The summed E-state index contributed by atoms with van der Waals surface area (Å²) in [4.78, 5) is 17.7. The van der Waals surface area contributed by atoms with Crippen molar-refractivity contribution in [2.24, 2.45) is 5.92 Å². The number of piperidine rings is 2. The molecule has 0 amide bonds. The standard InChI is InChI=1S/C24H30Cl2N2O3S/c25-21-4-3-19(14-22(21)26)31-18-7-9-27(10-8-18)16-17-5-11-28(12-6-17)23(24(29)30)15-20-2-1-13-32-20/h1-4,13-14,17-18,23H,5-12,15-16H2,(H,29,30)/t23-/m0/s1. The van der Waals surface area contributed by atoms with E-state index in [1.54, 1.807) is 23.5 Å². The zero-order chi connectivity index (χ0) is 22.5. The van der Waals surface area contributed by atoms with Gasteiger partial charge in [-0.25, -0.2) is 0 Å². The van der Waals surface area contributed by atoms with E-state index < -0.39 is 12.0 Å². The van der Waals surface area contributed by atoms with E-state index in [-0.39, 0.29) is 6.10 Å². The number of carboxylic acid groups (broad SMARTS) is 1. The minimum atomic E-state index is -0.708. The third-order valence-corrected chi connectivity index (χ3v) is 8.23. The van der Waals surface area contributed by atoms with Crippen molar-refractivity contribution in [2.75, 3.05) is 32.7 Å². The van der Waals surface area contributed by atoms with Crippen LogP contribution in [0.3, 0.4) is 0 Å². The molecule has 0 unspecified atom stereocenters. The third-order valence-electron chi connectivity index (χ3n) is 6.59. The zero-order valence-corrected chi connectivity index (χ0v) is 20.4. The minimum Gasteiger partial charge on any atom is -0.490 e. The molecule has 4 rings (SSSR count). The van der Waals surface area contributed by atoms with Gasteiger partial charge in [0.15, 0.2) is 0 Å². The predicted molar refractivity (Wildman–Crippen MR) is 130 cm³/mol. The van der Waals surface area contributed by atoms with Crippen molar-refractivity contribution in [3.63, 3.8) is 0 Å². The van der Waals surface area contributed by atoms with Gasteiger partial charge in [0.2, 0.25) is 0 Å². The van der Waals surface area contributed by atoms with Gasteiger partial charge in [0, 0.05) is 37.0 Å². The molecule has 0 saturated carbocycles. The molecule has 2 aliphatic heterocycles. The van der Waals surface area contributed by atoms with Gasteiger partial charge < -0.3 is 14.7 Å². The highest BCUT2D eigenvalue weighted by Crippen LogP contribution is 2.29. The van der Waals surface area contributed by atoms with Crippen LogP contribution in [-0.2, 0) is 11.2 Å². The quantitative estimate of drug-likeness (QED) is 0.536. The number of aliphatic carboxylic acids is 1. The summed E-state index contributed by atoms with van der Waals surface area (Å²) in [5.41, 5.74) is 0. The molecular weight excluding hydrogens is 467 g/mol. The van der Waals surface area contributed by atoms with E-state index in [1.807, 2.05) is 23.6 Å². The third kappa shape index (κ3) is 6.39. The SMILES string of the molecule is O=C(O)[C@H](Cc1cccs1)N1CCC(CN2CCC(Oc3ccc(Cl)c(Cl)c3)CC2)CC1. The maximum atomic E-state index is 11.8. The highest BCUT2D eigenvalue weighted by molar-refractivity contribution is 7.09. The van der Waals surface area contributed by atoms with Crippen LogP contribution in [0.5, 0.6) is 5.75 Å². The van der Waals surface area contributed by atoms with Crippen molar-refractivity contribution in [1.82, 2.24) is 9.80 Å². The largest absolute Gasteiger partial charge is 0.490 e. The van der Waals surface area contributed by atoms with Crippen LogP contribution in [0.1, 0.15) is 30.6 Å². The molecule has 0 radical (unpaired) electrons. The number of hydrogen-bond donors (Lipinski definition) is 1. The monoisotopic (exact) mass is 496 g/mol. The molecular formula is C24H30Cl2N2O3S. The second kappa shape index (κ2) is 11.2. The van der Waals surface area contributed by atoms with Gasteiger partial charge in [0.25, 0.3) is 0 Å². The maximum absolute atomic E-state index is 11.8. The molecule has 0 bridgehead atoms. The summed E-state index contributed by atoms with van der Waals surface area (Å²) < 4.78 is 6.10. The van der Waals surface area contributed by atoms with Crippen LogP contribution < -0.4 is 4.74 Å². The fourth-order valence-electron chi connectivity index (χ4n) is 4.76. The van der Waals surface area contributed by atoms with Gasteiger partial charge in [-0.3, -0.25) is 9.69 Å². The van der Waals surface area contributed by atoms with Gasteiger partial charge in [-0.05, 0) is 68.3 Å². The molecule has 2 fully saturated rings. The summed E-state index contributed by atoms with van der Waals surface area (Å²) in [6.07, 6.45) is 4.94. The van der Waals surface area contributed by atoms with Gasteiger partial charge >= 0.3 is 5.97 Å². The Morgan fingerprint density at radius 3 is 2.47 bits per heavy atom. The molecule has 1 aromatic heterocycles. The summed E-state index contributed by atoms with van der Waals surface area (Å²) >= 11 is 13.7. The van der Waals surface area contributed by atoms with E-state index in [9.17, 15) is 9.90 Å². The maximum Gasteiger partial charge on any atom is 0.321 e. The number of thiophene rings is 1. The Morgan fingerprint density at radius 2 is 1.84 bits per heavy atom. The second-order valence-corrected chi connectivity index (χ2v) is 10.7. The topological polar surface area (TPSA) is 53.0 Å². The van der Waals surface area contributed by atoms with E-state index in [1.165, 1.54) is 0 Å². The highest BCUT2D eigenvalue weighted by atomic mass is 35.5. The number of likely N-dealkylation sites (tertiary alicyclic amines) is 2. The Balaban J connectivity index is 1.19. The van der Waals surface area contributed by atoms with Gasteiger partial charge in [-0.2, -0.15) is 0 Å². The molecule has 1 N–H and O–H groups in total. The number of rotatable bonds is 8. The normalized spacial score (nSPS) is 20.3. The van der Waals surface area contributed by atoms with E-state index in [2.05, 4.69) is 9.80 Å². The average Bonchev–Trinajstić information content (AvgIpc) is 3.30. The zero-order valence-electron chi connectivity index (χ0n) is 18.1. The van der Waals surface area contributed by atoms with Gasteiger partial charge in [0.1, 0.15) is 17.9 Å². The number of ether oxygens (including phenoxy) is 1. The highest BCUT2D eigenvalue weighted by Gasteiger charge is 2.31. The number of carbonyl (C=O) groups is 1. The van der Waals surface area contributed by atoms with Crippen molar-refractivity contribution in [3.05, 3.63) is 50.6 Å². The molecule has 1 aromatic carbocycles. The fraction of sp³-hybridized carbons (Fsp3) is 0.542. The molecule has 5 nitrogen and oxygen atoms in total. The van der Waals surface area contributed by atoms with Crippen LogP contribution in [0.4, 0.5) is 0 Å². The number of benzene rings is 1. The first-order chi connectivity index (χ1) is 15.5. The van der Waals surface area contributed by atoms with Gasteiger partial charge in [-0.1, -0.05) is 29.3 Å². The van der Waals surface area contributed by atoms with Crippen LogP contribution >= 0.6 is 34.5 Å². The number of halogens is 2. The van der Waals surface area contributed by atoms with E-state index in [0.717, 1.165) is 69.0 Å². The first kappa shape index (κ1) is 23.8. The molecule has 8 heteroatoms. The lowest BCUT2D eigenvalue weighted by Crippen LogP contribution is -2.48. The van der Waals surface area contributed by atoms with Crippen LogP contribution in [0, 0.1) is 5.92 Å². The Morgan fingerprint density at radius 1 is 1.09 bits per heavy atom. The predicted octanol–water partition coefficient (Wildman–Crippen LogP) is 5.31. The molecule has 2 aliphatic rings. The summed E-state index contributed by atoms with van der Waals surface area (Å²) in [5, 5.41) is 12.8. The molecule has 1 atom stereocenters. The molecule has 3 heterocycles. The lowest BCUT2D eigenvalue weighted by atomic mass is 9.93. The Kier molecular flexibility index (Phi) is 8.35. The van der Waals surface area contributed by atoms with Gasteiger partial charge in [-0.15, -0.1) is 11.3 Å². The van der Waals surface area contributed by atoms with Crippen molar-refractivity contribution in [3.8, 4) is 5.75 Å². The smallest absolute Gasteiger partial charge is 0.321 e. The van der Waals surface area contributed by atoms with Crippen LogP contribution in [0.15, 0.2) is 35.7 Å². The summed E-state index contributed by atoms with van der Waals surface area (Å²) in [7, 11) is 0. The Labute approximate surface area is 203 Å². The summed E-state index contributed by atoms with van der Waals surface area (Å²) in [6.45, 7) is 4.88. The van der Waals surface area contributed by atoms with Crippen LogP contribution in [0.2, 0.25) is 10.0 Å². The molecule has 2 saturated heterocycles. The van der Waals surface area contributed by atoms with Gasteiger partial charge in [0.05, 0.1) is 10.0 Å².